The molecular formula is C18H11BrN2. The highest BCUT2D eigenvalue weighted by molar-refractivity contribution is 9.11. The van der Waals surface area contributed by atoms with Gasteiger partial charge in [-0.25, -0.2) is 4.85 Å². The van der Waals surface area contributed by atoms with Gasteiger partial charge in [0.2, 0.25) is 5.69 Å². The van der Waals surface area contributed by atoms with Gasteiger partial charge in [0.15, 0.2) is 0 Å². The molecule has 2 aromatic carbocycles. The molecule has 100 valence electrons. The average molecular weight is 335 g/mol. The standard InChI is InChI=1S/C18H11BrN2/c1-21-18-10-15-8-13(12-4-6-17(19)7-5-12)2-3-14(15)9-16(18)11-20/h2-4,6-10,12H,5H2. The predicted octanol–water partition coefficient (Wildman–Crippen LogP) is 5.58. The van der Waals surface area contributed by atoms with Gasteiger partial charge in [0, 0.05) is 10.4 Å². The Balaban J connectivity index is 2.07. The first-order valence-electron chi connectivity index (χ1n) is 6.60. The minimum Gasteiger partial charge on any atom is -0.237 e. The van der Waals surface area contributed by atoms with E-state index >= 15 is 0 Å². The van der Waals surface area contributed by atoms with Crippen LogP contribution in [0.15, 0.2) is 53.0 Å². The molecule has 0 saturated heterocycles. The first-order valence-corrected chi connectivity index (χ1v) is 7.39. The van der Waals surface area contributed by atoms with Crippen LogP contribution in [0.2, 0.25) is 0 Å². The molecule has 3 heteroatoms. The Morgan fingerprint density at radius 3 is 2.76 bits per heavy atom. The smallest absolute Gasteiger partial charge is 0.205 e. The van der Waals surface area contributed by atoms with Gasteiger partial charge in [0.05, 0.1) is 18.2 Å². The lowest BCUT2D eigenvalue weighted by Gasteiger charge is -2.15. The van der Waals surface area contributed by atoms with E-state index in [1.807, 2.05) is 12.1 Å². The molecule has 0 radical (unpaired) electrons. The first kappa shape index (κ1) is 13.6. The summed E-state index contributed by atoms with van der Waals surface area (Å²) >= 11 is 3.47. The third-order valence-electron chi connectivity index (χ3n) is 3.70. The Morgan fingerprint density at radius 2 is 2.10 bits per heavy atom. The number of benzene rings is 2. The monoisotopic (exact) mass is 334 g/mol. The van der Waals surface area contributed by atoms with E-state index in [9.17, 15) is 0 Å². The van der Waals surface area contributed by atoms with E-state index in [2.05, 4.69) is 57.2 Å². The Labute approximate surface area is 132 Å². The van der Waals surface area contributed by atoms with Crippen LogP contribution in [-0.2, 0) is 0 Å². The maximum absolute atomic E-state index is 9.08. The zero-order chi connectivity index (χ0) is 14.8. The summed E-state index contributed by atoms with van der Waals surface area (Å²) in [4.78, 5) is 3.44. The zero-order valence-electron chi connectivity index (χ0n) is 11.2. The molecule has 0 amide bonds. The van der Waals surface area contributed by atoms with Crippen LogP contribution < -0.4 is 0 Å². The van der Waals surface area contributed by atoms with Crippen molar-refractivity contribution in [1.29, 1.82) is 5.26 Å². The van der Waals surface area contributed by atoms with Gasteiger partial charge in [-0.1, -0.05) is 52.4 Å². The molecule has 1 unspecified atom stereocenters. The second-order valence-corrected chi connectivity index (χ2v) is 5.91. The molecule has 1 aliphatic rings. The van der Waals surface area contributed by atoms with Crippen LogP contribution in [0.5, 0.6) is 0 Å². The van der Waals surface area contributed by atoms with Crippen LogP contribution in [-0.4, -0.2) is 0 Å². The van der Waals surface area contributed by atoms with Crippen LogP contribution in [0, 0.1) is 17.9 Å². The van der Waals surface area contributed by atoms with E-state index in [1.54, 1.807) is 6.07 Å². The fourth-order valence-electron chi connectivity index (χ4n) is 2.56. The van der Waals surface area contributed by atoms with Crippen molar-refractivity contribution >= 4 is 32.4 Å². The fourth-order valence-corrected chi connectivity index (χ4v) is 2.90. The summed E-state index contributed by atoms with van der Waals surface area (Å²) in [6, 6.07) is 11.9. The Hall–Kier alpha value is -2.36. The molecule has 1 aliphatic carbocycles. The topological polar surface area (TPSA) is 28.1 Å². The minimum atomic E-state index is 0.364. The van der Waals surface area contributed by atoms with Crippen molar-refractivity contribution in [3.05, 3.63) is 75.6 Å². The van der Waals surface area contributed by atoms with Crippen LogP contribution in [0.1, 0.15) is 23.5 Å². The van der Waals surface area contributed by atoms with Gasteiger partial charge in [-0.2, -0.15) is 5.26 Å². The van der Waals surface area contributed by atoms with E-state index < -0.39 is 0 Å². The van der Waals surface area contributed by atoms with E-state index in [4.69, 9.17) is 11.8 Å². The van der Waals surface area contributed by atoms with Crippen molar-refractivity contribution in [2.45, 2.75) is 12.3 Å². The van der Waals surface area contributed by atoms with Crippen LogP contribution >= 0.6 is 15.9 Å². The Kier molecular flexibility index (Phi) is 3.60. The number of nitrogens with zero attached hydrogens (tertiary/aromatic N) is 2. The Bertz CT molecular complexity index is 863. The van der Waals surface area contributed by atoms with E-state index in [0.29, 0.717) is 17.2 Å². The highest BCUT2D eigenvalue weighted by Gasteiger charge is 2.12. The molecule has 21 heavy (non-hydrogen) atoms. The Morgan fingerprint density at radius 1 is 1.24 bits per heavy atom. The highest BCUT2D eigenvalue weighted by Crippen LogP contribution is 2.32. The number of fused-ring (bicyclic) bond motifs is 1. The normalized spacial score (nSPS) is 17.1. The molecule has 0 bridgehead atoms. The largest absolute Gasteiger partial charge is 0.237 e. The van der Waals surface area contributed by atoms with Crippen molar-refractivity contribution in [1.82, 2.24) is 0 Å². The lowest BCUT2D eigenvalue weighted by atomic mass is 9.90. The molecule has 0 N–H and O–H groups in total. The molecule has 0 aromatic heterocycles. The molecule has 3 rings (SSSR count). The molecule has 1 atom stereocenters. The third kappa shape index (κ3) is 2.61. The van der Waals surface area contributed by atoms with Gasteiger partial charge in [-0.3, -0.25) is 0 Å². The molecule has 0 aliphatic heterocycles. The molecular weight excluding hydrogens is 324 g/mol. The number of rotatable bonds is 1. The van der Waals surface area contributed by atoms with Crippen LogP contribution in [0.4, 0.5) is 5.69 Å². The zero-order valence-corrected chi connectivity index (χ0v) is 12.8. The second-order valence-electron chi connectivity index (χ2n) is 4.99. The van der Waals surface area contributed by atoms with Crippen molar-refractivity contribution in [2.24, 2.45) is 0 Å². The third-order valence-corrected chi connectivity index (χ3v) is 4.29. The number of hydrogen-bond donors (Lipinski definition) is 0. The molecule has 2 nitrogen and oxygen atoms in total. The summed E-state index contributed by atoms with van der Waals surface area (Å²) < 4.78 is 1.12. The first-order chi connectivity index (χ1) is 10.2. The van der Waals surface area contributed by atoms with Crippen molar-refractivity contribution in [2.75, 3.05) is 0 Å². The summed E-state index contributed by atoms with van der Waals surface area (Å²) in [6.07, 6.45) is 7.39. The average Bonchev–Trinajstić information content (AvgIpc) is 2.53. The van der Waals surface area contributed by atoms with Crippen molar-refractivity contribution in [3.63, 3.8) is 0 Å². The number of hydrogen-bond acceptors (Lipinski definition) is 1. The van der Waals surface area contributed by atoms with Crippen molar-refractivity contribution in [3.8, 4) is 6.07 Å². The maximum Gasteiger partial charge on any atom is 0.205 e. The molecule has 0 spiro atoms. The van der Waals surface area contributed by atoms with E-state index in [1.165, 1.54) is 5.56 Å². The molecule has 2 aromatic rings. The van der Waals surface area contributed by atoms with Crippen LogP contribution in [0.25, 0.3) is 15.6 Å². The summed E-state index contributed by atoms with van der Waals surface area (Å²) in [5.41, 5.74) is 2.09. The molecule has 0 saturated carbocycles. The van der Waals surface area contributed by atoms with E-state index in [-0.39, 0.29) is 0 Å². The predicted molar refractivity (Wildman–Crippen MR) is 88.4 cm³/mol. The van der Waals surface area contributed by atoms with E-state index in [0.717, 1.165) is 21.7 Å². The number of halogens is 1. The fraction of sp³-hybridized carbons (Fsp3) is 0.111. The quantitative estimate of drug-likeness (QED) is 0.625. The van der Waals surface area contributed by atoms with Gasteiger partial charge in [0.1, 0.15) is 0 Å². The van der Waals surface area contributed by atoms with Gasteiger partial charge < -0.3 is 0 Å². The minimum absolute atomic E-state index is 0.364. The lowest BCUT2D eigenvalue weighted by Crippen LogP contribution is -1.97. The van der Waals surface area contributed by atoms with Gasteiger partial charge >= 0.3 is 0 Å². The second kappa shape index (κ2) is 5.56. The number of nitriles is 1. The number of allylic oxidation sites excluding steroid dienone is 4. The summed E-state index contributed by atoms with van der Waals surface area (Å²) in [7, 11) is 0. The van der Waals surface area contributed by atoms with Crippen molar-refractivity contribution < 1.29 is 0 Å². The summed E-state index contributed by atoms with van der Waals surface area (Å²) in [5.74, 6) is 0.364. The SMILES string of the molecule is [C-]#[N+]c1cc2cc(C3C=CC(Br)=CC3)ccc2cc1C#N. The summed E-state index contributed by atoms with van der Waals surface area (Å²) in [6.45, 7) is 7.18. The van der Waals surface area contributed by atoms with Crippen LogP contribution in [0.3, 0.4) is 0 Å². The highest BCUT2D eigenvalue weighted by atomic mass is 79.9. The maximum atomic E-state index is 9.08. The van der Waals surface area contributed by atoms with Gasteiger partial charge in [-0.05, 0) is 34.9 Å². The lowest BCUT2D eigenvalue weighted by molar-refractivity contribution is 0.854. The van der Waals surface area contributed by atoms with Gasteiger partial charge in [-0.15, -0.1) is 0 Å². The van der Waals surface area contributed by atoms with Gasteiger partial charge in [0.25, 0.3) is 0 Å². The molecule has 0 heterocycles. The molecule has 0 fully saturated rings. The summed E-state index contributed by atoms with van der Waals surface area (Å²) in [5, 5.41) is 11.1.